The van der Waals surface area contributed by atoms with Crippen LogP contribution >= 0.6 is 0 Å². The molecule has 1 heterocycles. The summed E-state index contributed by atoms with van der Waals surface area (Å²) in [7, 11) is 1.88. The maximum absolute atomic E-state index is 11.9. The summed E-state index contributed by atoms with van der Waals surface area (Å²) in [5.41, 5.74) is 3.22. The Bertz CT molecular complexity index is 617. The monoisotopic (exact) mass is 287 g/mol. The van der Waals surface area contributed by atoms with E-state index in [-0.39, 0.29) is 18.6 Å². The number of ether oxygens (including phenoxy) is 1. The lowest BCUT2D eigenvalue weighted by molar-refractivity contribution is -0.123. The largest absolute Gasteiger partial charge is 0.484 e. The zero-order valence-electron chi connectivity index (χ0n) is 12.9. The minimum Gasteiger partial charge on any atom is -0.484 e. The van der Waals surface area contributed by atoms with Gasteiger partial charge in [-0.1, -0.05) is 17.7 Å². The summed E-state index contributed by atoms with van der Waals surface area (Å²) in [4.78, 5) is 11.9. The first kappa shape index (κ1) is 15.1. The molecule has 2 aromatic rings. The minimum absolute atomic E-state index is 0.00666. The fourth-order valence-electron chi connectivity index (χ4n) is 2.09. The Balaban J connectivity index is 1.87. The summed E-state index contributed by atoms with van der Waals surface area (Å²) in [6, 6.07) is 7.53. The van der Waals surface area contributed by atoms with Crippen molar-refractivity contribution in [3.63, 3.8) is 0 Å². The SMILES string of the molecule is Cc1ccc(OCC(=O)N[C@@H](C)c2cnn(C)c2C)cc1. The van der Waals surface area contributed by atoms with E-state index < -0.39 is 0 Å². The van der Waals surface area contributed by atoms with Gasteiger partial charge in [0.15, 0.2) is 6.61 Å². The van der Waals surface area contributed by atoms with Crippen molar-refractivity contribution in [2.75, 3.05) is 6.61 Å². The van der Waals surface area contributed by atoms with Crippen molar-refractivity contribution in [3.05, 3.63) is 47.3 Å². The Hall–Kier alpha value is -2.30. The highest BCUT2D eigenvalue weighted by molar-refractivity contribution is 5.78. The Kier molecular flexibility index (Phi) is 4.62. The van der Waals surface area contributed by atoms with Crippen LogP contribution in [0.25, 0.3) is 0 Å². The lowest BCUT2D eigenvalue weighted by atomic mass is 10.1. The van der Waals surface area contributed by atoms with Gasteiger partial charge in [-0.15, -0.1) is 0 Å². The first-order chi connectivity index (χ1) is 9.97. The molecule has 0 aliphatic heterocycles. The van der Waals surface area contributed by atoms with Gasteiger partial charge in [-0.05, 0) is 32.9 Å². The van der Waals surface area contributed by atoms with Crippen LogP contribution in [-0.2, 0) is 11.8 Å². The van der Waals surface area contributed by atoms with Crippen molar-refractivity contribution < 1.29 is 9.53 Å². The number of aromatic nitrogens is 2. The van der Waals surface area contributed by atoms with E-state index in [0.29, 0.717) is 5.75 Å². The molecule has 0 fully saturated rings. The minimum atomic E-state index is -0.147. The molecule has 0 bridgehead atoms. The highest BCUT2D eigenvalue weighted by Gasteiger charge is 2.14. The van der Waals surface area contributed by atoms with Crippen molar-refractivity contribution in [2.45, 2.75) is 26.8 Å². The predicted octanol–water partition coefficient (Wildman–Crippen LogP) is 2.29. The molecule has 1 amide bonds. The molecule has 1 N–H and O–H groups in total. The summed E-state index contributed by atoms with van der Waals surface area (Å²) in [6.45, 7) is 5.93. The van der Waals surface area contributed by atoms with Crippen LogP contribution in [0.3, 0.4) is 0 Å². The topological polar surface area (TPSA) is 56.1 Å². The van der Waals surface area contributed by atoms with Crippen molar-refractivity contribution in [1.29, 1.82) is 0 Å². The third-order valence-corrected chi connectivity index (χ3v) is 3.51. The van der Waals surface area contributed by atoms with Crippen molar-refractivity contribution in [2.24, 2.45) is 7.05 Å². The van der Waals surface area contributed by atoms with E-state index >= 15 is 0 Å². The van der Waals surface area contributed by atoms with Crippen LogP contribution in [0, 0.1) is 13.8 Å². The number of rotatable bonds is 5. The second kappa shape index (κ2) is 6.43. The van der Waals surface area contributed by atoms with E-state index in [0.717, 1.165) is 16.8 Å². The molecule has 2 rings (SSSR count). The Morgan fingerprint density at radius 1 is 1.33 bits per heavy atom. The molecule has 1 aromatic carbocycles. The molecule has 0 saturated carbocycles. The van der Waals surface area contributed by atoms with Gasteiger partial charge in [-0.3, -0.25) is 9.48 Å². The maximum atomic E-state index is 11.9. The van der Waals surface area contributed by atoms with Gasteiger partial charge < -0.3 is 10.1 Å². The Morgan fingerprint density at radius 2 is 2.00 bits per heavy atom. The highest BCUT2D eigenvalue weighted by Crippen LogP contribution is 2.16. The highest BCUT2D eigenvalue weighted by atomic mass is 16.5. The van der Waals surface area contributed by atoms with Gasteiger partial charge in [0.2, 0.25) is 0 Å². The number of hydrogen-bond donors (Lipinski definition) is 1. The summed E-state index contributed by atoms with van der Waals surface area (Å²) < 4.78 is 7.25. The summed E-state index contributed by atoms with van der Waals surface area (Å²) in [5.74, 6) is 0.548. The van der Waals surface area contributed by atoms with Crippen LogP contribution in [0.2, 0.25) is 0 Å². The van der Waals surface area contributed by atoms with Crippen LogP contribution in [0.1, 0.15) is 29.8 Å². The van der Waals surface area contributed by atoms with Gasteiger partial charge in [0, 0.05) is 18.3 Å². The second-order valence-electron chi connectivity index (χ2n) is 5.20. The molecule has 112 valence electrons. The lowest BCUT2D eigenvalue weighted by Gasteiger charge is -2.14. The van der Waals surface area contributed by atoms with Crippen molar-refractivity contribution >= 4 is 5.91 Å². The van der Waals surface area contributed by atoms with Gasteiger partial charge in [0.05, 0.1) is 12.2 Å². The Morgan fingerprint density at radius 3 is 2.57 bits per heavy atom. The zero-order valence-corrected chi connectivity index (χ0v) is 12.9. The van der Waals surface area contributed by atoms with Crippen LogP contribution < -0.4 is 10.1 Å². The Labute approximate surface area is 124 Å². The van der Waals surface area contributed by atoms with Gasteiger partial charge in [-0.2, -0.15) is 5.10 Å². The smallest absolute Gasteiger partial charge is 0.258 e. The summed E-state index contributed by atoms with van der Waals surface area (Å²) in [5, 5.41) is 7.10. The summed E-state index contributed by atoms with van der Waals surface area (Å²) in [6.07, 6.45) is 1.78. The second-order valence-corrected chi connectivity index (χ2v) is 5.20. The molecule has 21 heavy (non-hydrogen) atoms. The molecule has 5 heteroatoms. The normalized spacial score (nSPS) is 12.0. The van der Waals surface area contributed by atoms with Crippen LogP contribution in [0.4, 0.5) is 0 Å². The van der Waals surface area contributed by atoms with Crippen LogP contribution in [0.15, 0.2) is 30.5 Å². The quantitative estimate of drug-likeness (QED) is 0.918. The number of benzene rings is 1. The number of carbonyl (C=O) groups excluding carboxylic acids is 1. The average molecular weight is 287 g/mol. The van der Waals surface area contributed by atoms with Crippen LogP contribution in [0.5, 0.6) is 5.75 Å². The maximum Gasteiger partial charge on any atom is 0.258 e. The van der Waals surface area contributed by atoms with E-state index in [4.69, 9.17) is 4.74 Å². The summed E-state index contributed by atoms with van der Waals surface area (Å²) >= 11 is 0. The molecule has 0 unspecified atom stereocenters. The van der Waals surface area contributed by atoms with Crippen molar-refractivity contribution in [3.8, 4) is 5.75 Å². The number of amides is 1. The molecule has 1 aromatic heterocycles. The number of nitrogens with one attached hydrogen (secondary N) is 1. The van der Waals surface area contributed by atoms with Gasteiger partial charge in [-0.25, -0.2) is 0 Å². The van der Waals surface area contributed by atoms with Crippen LogP contribution in [-0.4, -0.2) is 22.3 Å². The van der Waals surface area contributed by atoms with E-state index in [9.17, 15) is 4.79 Å². The molecule has 0 radical (unpaired) electrons. The predicted molar refractivity (Wildman–Crippen MR) is 81.2 cm³/mol. The van der Waals surface area contributed by atoms with E-state index in [2.05, 4.69) is 10.4 Å². The van der Waals surface area contributed by atoms with E-state index in [1.54, 1.807) is 10.9 Å². The van der Waals surface area contributed by atoms with Gasteiger partial charge in [0.1, 0.15) is 5.75 Å². The number of carbonyl (C=O) groups is 1. The zero-order chi connectivity index (χ0) is 15.4. The molecule has 1 atom stereocenters. The average Bonchev–Trinajstić information content (AvgIpc) is 2.78. The van der Waals surface area contributed by atoms with Gasteiger partial charge in [0.25, 0.3) is 5.91 Å². The molecule has 0 spiro atoms. The number of nitrogens with zero attached hydrogens (tertiary/aromatic N) is 2. The van der Waals surface area contributed by atoms with E-state index in [1.807, 2.05) is 52.1 Å². The number of hydrogen-bond acceptors (Lipinski definition) is 3. The third-order valence-electron chi connectivity index (χ3n) is 3.51. The fraction of sp³-hybridized carbons (Fsp3) is 0.375. The fourth-order valence-corrected chi connectivity index (χ4v) is 2.09. The molecule has 5 nitrogen and oxygen atoms in total. The first-order valence-electron chi connectivity index (χ1n) is 6.94. The van der Waals surface area contributed by atoms with Crippen molar-refractivity contribution in [1.82, 2.24) is 15.1 Å². The van der Waals surface area contributed by atoms with E-state index in [1.165, 1.54) is 0 Å². The molecular weight excluding hydrogens is 266 g/mol. The lowest BCUT2D eigenvalue weighted by Crippen LogP contribution is -2.31. The molecule has 0 saturated heterocycles. The molecular formula is C16H21N3O2. The molecule has 0 aliphatic rings. The standard InChI is InChI=1S/C16H21N3O2/c1-11-5-7-14(8-6-11)21-10-16(20)18-12(2)15-9-17-19(4)13(15)3/h5-9,12H,10H2,1-4H3,(H,18,20)/t12-/m0/s1. The molecule has 0 aliphatic carbocycles. The number of aryl methyl sites for hydroxylation is 2. The van der Waals surface area contributed by atoms with Gasteiger partial charge >= 0.3 is 0 Å². The first-order valence-corrected chi connectivity index (χ1v) is 6.94. The third kappa shape index (κ3) is 3.84.